The summed E-state index contributed by atoms with van der Waals surface area (Å²) in [6, 6.07) is 4.63. The Balaban J connectivity index is 2.43. The number of quaternary nitrogens is 1. The number of imide groups is 1. The molecule has 0 saturated heterocycles. The van der Waals surface area contributed by atoms with E-state index in [-0.39, 0.29) is 25.4 Å². The first-order valence-corrected chi connectivity index (χ1v) is 7.52. The minimum absolute atomic E-state index is 0.100. The van der Waals surface area contributed by atoms with E-state index in [2.05, 4.69) is 14.8 Å². The molecule has 1 unspecified atom stereocenters. The molecule has 3 amide bonds. The zero-order chi connectivity index (χ0) is 19.7. The fraction of sp³-hybridized carbons (Fsp3) is 0.400. The summed E-state index contributed by atoms with van der Waals surface area (Å²) in [4.78, 5) is 35.0. The van der Waals surface area contributed by atoms with Crippen molar-refractivity contribution in [2.45, 2.75) is 13.3 Å². The van der Waals surface area contributed by atoms with Crippen molar-refractivity contribution in [2.75, 3.05) is 32.1 Å². The van der Waals surface area contributed by atoms with Gasteiger partial charge in [-0.2, -0.15) is 0 Å². The van der Waals surface area contributed by atoms with Crippen molar-refractivity contribution in [2.24, 2.45) is 0 Å². The van der Waals surface area contributed by atoms with Crippen molar-refractivity contribution in [3.05, 3.63) is 24.3 Å². The van der Waals surface area contributed by atoms with Gasteiger partial charge >= 0.3 is 12.5 Å². The summed E-state index contributed by atoms with van der Waals surface area (Å²) in [5.74, 6) is -1.48. The van der Waals surface area contributed by atoms with E-state index >= 15 is 0 Å². The Morgan fingerprint density at radius 1 is 1.08 bits per heavy atom. The van der Waals surface area contributed by atoms with Crippen LogP contribution in [0.3, 0.4) is 0 Å². The van der Waals surface area contributed by atoms with Crippen LogP contribution < -0.4 is 20.3 Å². The topological polar surface area (TPSA) is 98.2 Å². The Morgan fingerprint density at radius 2 is 1.65 bits per heavy atom. The molecule has 0 aliphatic rings. The molecule has 3 N–H and O–H groups in total. The second-order valence-corrected chi connectivity index (χ2v) is 5.20. The van der Waals surface area contributed by atoms with Gasteiger partial charge in [-0.3, -0.25) is 14.9 Å². The minimum Gasteiger partial charge on any atom is -0.450 e. The number of carbonyl (C=O) groups is 3. The molecular formula is C15H19F3N3O5+. The quantitative estimate of drug-likeness (QED) is 0.635. The van der Waals surface area contributed by atoms with Gasteiger partial charge in [0.15, 0.2) is 13.1 Å². The second-order valence-electron chi connectivity index (χ2n) is 5.20. The average molecular weight is 378 g/mol. The van der Waals surface area contributed by atoms with E-state index in [1.807, 2.05) is 5.32 Å². The molecule has 0 aromatic heterocycles. The molecule has 8 nitrogen and oxygen atoms in total. The first kappa shape index (κ1) is 21.2. The molecule has 0 radical (unpaired) electrons. The third-order valence-corrected chi connectivity index (χ3v) is 2.81. The molecule has 11 heteroatoms. The molecule has 144 valence electrons. The number of hydrogen-bond acceptors (Lipinski definition) is 5. The maximum Gasteiger partial charge on any atom is 0.573 e. The van der Waals surface area contributed by atoms with E-state index in [0.29, 0.717) is 4.90 Å². The second kappa shape index (κ2) is 9.61. The largest absolute Gasteiger partial charge is 0.573 e. The number of nitrogens with one attached hydrogen (secondary N) is 3. The van der Waals surface area contributed by atoms with Gasteiger partial charge in [-0.05, 0) is 31.2 Å². The maximum atomic E-state index is 12.1. The number of likely N-dealkylation sites (N-methyl/N-ethyl adjacent to an activating group) is 1. The molecule has 0 aliphatic carbocycles. The lowest BCUT2D eigenvalue weighted by atomic mass is 10.3. The van der Waals surface area contributed by atoms with Crippen LogP contribution in [-0.4, -0.2) is 51.0 Å². The summed E-state index contributed by atoms with van der Waals surface area (Å²) in [7, 11) is 1.56. The van der Waals surface area contributed by atoms with Crippen LogP contribution in [-0.2, 0) is 14.3 Å². The van der Waals surface area contributed by atoms with E-state index in [1.54, 1.807) is 14.0 Å². The van der Waals surface area contributed by atoms with E-state index < -0.39 is 30.0 Å². The van der Waals surface area contributed by atoms with Crippen molar-refractivity contribution in [1.29, 1.82) is 0 Å². The van der Waals surface area contributed by atoms with Crippen molar-refractivity contribution in [3.63, 3.8) is 0 Å². The van der Waals surface area contributed by atoms with E-state index in [1.165, 1.54) is 12.1 Å². The smallest absolute Gasteiger partial charge is 0.450 e. The van der Waals surface area contributed by atoms with Gasteiger partial charge in [-0.25, -0.2) is 4.79 Å². The predicted octanol–water partition coefficient (Wildman–Crippen LogP) is 0.311. The zero-order valence-corrected chi connectivity index (χ0v) is 14.1. The normalized spacial score (nSPS) is 12.0. The maximum absolute atomic E-state index is 12.1. The van der Waals surface area contributed by atoms with Gasteiger partial charge in [0.2, 0.25) is 0 Å². The van der Waals surface area contributed by atoms with E-state index in [9.17, 15) is 27.6 Å². The van der Waals surface area contributed by atoms with Crippen LogP contribution in [0.15, 0.2) is 24.3 Å². The highest BCUT2D eigenvalue weighted by atomic mass is 19.4. The van der Waals surface area contributed by atoms with Crippen LogP contribution in [0, 0.1) is 0 Å². The SMILES string of the molecule is CCOC(=O)NC(=O)C[NH+](C)CC(=O)Nc1ccc(OC(F)(F)F)cc1. The standard InChI is InChI=1S/C15H18F3N3O5/c1-3-25-14(24)20-13(23)9-21(2)8-12(22)19-10-4-6-11(7-5-10)26-15(16,17)18/h4-7H,3,8-9H2,1-2H3,(H,19,22)(H,20,23,24)/p+1. The number of anilines is 1. The van der Waals surface area contributed by atoms with Gasteiger partial charge in [-0.1, -0.05) is 0 Å². The molecule has 0 aliphatic heterocycles. The number of amides is 3. The van der Waals surface area contributed by atoms with Crippen molar-refractivity contribution < 1.29 is 41.9 Å². The monoisotopic (exact) mass is 378 g/mol. The van der Waals surface area contributed by atoms with Gasteiger partial charge in [0.1, 0.15) is 5.75 Å². The number of alkyl carbamates (subject to hydrolysis) is 1. The first-order valence-electron chi connectivity index (χ1n) is 7.52. The summed E-state index contributed by atoms with van der Waals surface area (Å²) in [6.45, 7) is 1.46. The zero-order valence-electron chi connectivity index (χ0n) is 14.1. The molecule has 0 fully saturated rings. The number of benzene rings is 1. The van der Waals surface area contributed by atoms with Crippen molar-refractivity contribution in [1.82, 2.24) is 5.32 Å². The number of hydrogen-bond donors (Lipinski definition) is 3. The highest BCUT2D eigenvalue weighted by molar-refractivity contribution is 5.93. The lowest BCUT2D eigenvalue weighted by molar-refractivity contribution is -0.862. The van der Waals surface area contributed by atoms with Crippen molar-refractivity contribution in [3.8, 4) is 5.75 Å². The van der Waals surface area contributed by atoms with Crippen LogP contribution in [0.2, 0.25) is 0 Å². The Labute approximate surface area is 147 Å². The molecular weight excluding hydrogens is 359 g/mol. The van der Waals surface area contributed by atoms with Gasteiger partial charge < -0.3 is 19.7 Å². The van der Waals surface area contributed by atoms with Gasteiger partial charge in [0, 0.05) is 5.69 Å². The van der Waals surface area contributed by atoms with Crippen LogP contribution in [0.25, 0.3) is 0 Å². The summed E-state index contributed by atoms with van der Waals surface area (Å²) in [5, 5.41) is 4.48. The molecule has 0 spiro atoms. The van der Waals surface area contributed by atoms with Crippen LogP contribution in [0.5, 0.6) is 5.75 Å². The van der Waals surface area contributed by atoms with Gasteiger partial charge in [-0.15, -0.1) is 13.2 Å². The lowest BCUT2D eigenvalue weighted by Gasteiger charge is -2.13. The lowest BCUT2D eigenvalue weighted by Crippen LogP contribution is -3.11. The molecule has 1 atom stereocenters. The summed E-state index contributed by atoms with van der Waals surface area (Å²) < 4.78 is 44.5. The number of ether oxygens (including phenoxy) is 2. The molecule has 0 bridgehead atoms. The number of rotatable bonds is 7. The van der Waals surface area contributed by atoms with E-state index in [4.69, 9.17) is 0 Å². The highest BCUT2D eigenvalue weighted by Crippen LogP contribution is 2.23. The summed E-state index contributed by atoms with van der Waals surface area (Å²) >= 11 is 0. The molecule has 0 saturated carbocycles. The Kier molecular flexibility index (Phi) is 7.84. The Bertz CT molecular complexity index is 634. The summed E-state index contributed by atoms with van der Waals surface area (Å²) in [6.07, 6.45) is -5.66. The average Bonchev–Trinajstić information content (AvgIpc) is 2.47. The highest BCUT2D eigenvalue weighted by Gasteiger charge is 2.31. The third kappa shape index (κ3) is 8.87. The van der Waals surface area contributed by atoms with Gasteiger partial charge in [0.25, 0.3) is 11.8 Å². The van der Waals surface area contributed by atoms with Gasteiger partial charge in [0.05, 0.1) is 13.7 Å². The molecule has 1 aromatic carbocycles. The minimum atomic E-state index is -4.79. The van der Waals surface area contributed by atoms with Crippen LogP contribution in [0.1, 0.15) is 6.92 Å². The fourth-order valence-electron chi connectivity index (χ4n) is 1.88. The van der Waals surface area contributed by atoms with Crippen molar-refractivity contribution >= 4 is 23.6 Å². The molecule has 1 rings (SSSR count). The summed E-state index contributed by atoms with van der Waals surface area (Å²) in [5.41, 5.74) is 0.272. The fourth-order valence-corrected chi connectivity index (χ4v) is 1.88. The first-order chi connectivity index (χ1) is 12.1. The Morgan fingerprint density at radius 3 is 2.19 bits per heavy atom. The number of carbonyl (C=O) groups excluding carboxylic acids is 3. The number of halogens is 3. The van der Waals surface area contributed by atoms with Crippen LogP contribution in [0.4, 0.5) is 23.7 Å². The van der Waals surface area contributed by atoms with Crippen LogP contribution >= 0.6 is 0 Å². The Hall–Kier alpha value is -2.82. The molecule has 26 heavy (non-hydrogen) atoms. The van der Waals surface area contributed by atoms with E-state index in [0.717, 1.165) is 12.1 Å². The third-order valence-electron chi connectivity index (χ3n) is 2.81. The number of alkyl halides is 3. The predicted molar refractivity (Wildman–Crippen MR) is 83.5 cm³/mol. The molecule has 0 heterocycles. The molecule has 1 aromatic rings.